The Balaban J connectivity index is 1.80. The first-order chi connectivity index (χ1) is 13.7. The number of aryl methyl sites for hydroxylation is 2. The van der Waals surface area contributed by atoms with Gasteiger partial charge in [0.15, 0.2) is 0 Å². The Hall–Kier alpha value is -3.33. The van der Waals surface area contributed by atoms with Crippen molar-refractivity contribution in [2.75, 3.05) is 12.4 Å². The number of anilines is 1. The van der Waals surface area contributed by atoms with Gasteiger partial charge in [-0.05, 0) is 61.4 Å². The predicted octanol–water partition coefficient (Wildman–Crippen LogP) is 2.15. The number of imidazole rings is 1. The molecule has 1 heterocycles. The third kappa shape index (κ3) is 4.24. The Morgan fingerprint density at radius 2 is 1.72 bits per heavy atom. The van der Waals surface area contributed by atoms with Crippen LogP contribution < -0.4 is 15.7 Å². The average Bonchev–Trinajstić information content (AvgIpc) is 3.05. The molecular weight excluding hydrogens is 394 g/mol. The molecule has 3 aromatic rings. The van der Waals surface area contributed by atoms with Crippen molar-refractivity contribution in [1.82, 2.24) is 8.54 Å². The molecule has 0 atom stereocenters. The number of carbonyl (C=O) groups excluding carboxylic acids is 1. The molecule has 0 fully saturated rings. The van der Waals surface area contributed by atoms with Crippen molar-refractivity contribution in [2.24, 2.45) is 0 Å². The van der Waals surface area contributed by atoms with Crippen molar-refractivity contribution in [3.05, 3.63) is 76.5 Å². The van der Waals surface area contributed by atoms with Gasteiger partial charge in [-0.1, -0.05) is 6.07 Å². The summed E-state index contributed by atoms with van der Waals surface area (Å²) in [5.41, 5.74) is 1.47. The quantitative estimate of drug-likeness (QED) is 0.665. The molecule has 1 aromatic heterocycles. The van der Waals surface area contributed by atoms with Gasteiger partial charge in [-0.15, -0.1) is 0 Å². The number of ether oxygens (including phenoxy) is 1. The van der Waals surface area contributed by atoms with Crippen LogP contribution in [0.25, 0.3) is 0 Å². The molecule has 9 heteroatoms. The van der Waals surface area contributed by atoms with E-state index in [-0.39, 0.29) is 11.4 Å². The van der Waals surface area contributed by atoms with Crippen LogP contribution in [0.15, 0.2) is 64.5 Å². The maximum atomic E-state index is 12.8. The first-order valence-electron chi connectivity index (χ1n) is 8.77. The molecule has 0 aliphatic rings. The molecule has 0 bridgehead atoms. The third-order valence-electron chi connectivity index (χ3n) is 4.54. The maximum absolute atomic E-state index is 12.8. The molecule has 0 aliphatic carbocycles. The normalized spacial score (nSPS) is 11.3. The average molecular weight is 415 g/mol. The first kappa shape index (κ1) is 20.4. The number of rotatable bonds is 6. The van der Waals surface area contributed by atoms with Crippen LogP contribution in [-0.4, -0.2) is 30.0 Å². The SMILES string of the molecule is COc1ccc(NC(=O)Cn2ccn(S(=O)(=O)c3ccc(C)c(C)c3)c2=O)cc1. The highest BCUT2D eigenvalue weighted by Crippen LogP contribution is 2.17. The smallest absolute Gasteiger partial charge is 0.342 e. The van der Waals surface area contributed by atoms with E-state index < -0.39 is 21.6 Å². The molecule has 0 aliphatic heterocycles. The van der Waals surface area contributed by atoms with E-state index in [4.69, 9.17) is 4.74 Å². The molecule has 152 valence electrons. The van der Waals surface area contributed by atoms with Gasteiger partial charge in [-0.3, -0.25) is 9.36 Å². The van der Waals surface area contributed by atoms with Crippen LogP contribution in [0, 0.1) is 13.8 Å². The molecule has 3 rings (SSSR count). The Bertz CT molecular complexity index is 1210. The second-order valence-electron chi connectivity index (χ2n) is 6.53. The van der Waals surface area contributed by atoms with E-state index in [1.165, 1.54) is 25.4 Å². The van der Waals surface area contributed by atoms with Gasteiger partial charge >= 0.3 is 5.69 Å². The Kier molecular flexibility index (Phi) is 5.60. The standard InChI is InChI=1S/C20H21N3O5S/c1-14-4-9-18(12-15(14)2)29(26,27)23-11-10-22(20(23)25)13-19(24)21-16-5-7-17(28-3)8-6-16/h4-12H,13H2,1-3H3,(H,21,24). The number of nitrogens with one attached hydrogen (secondary N) is 1. The zero-order valence-corrected chi connectivity index (χ0v) is 17.1. The van der Waals surface area contributed by atoms with Gasteiger partial charge in [-0.25, -0.2) is 13.2 Å². The minimum absolute atomic E-state index is 0.0168. The zero-order chi connectivity index (χ0) is 21.2. The number of hydrogen-bond donors (Lipinski definition) is 1. The monoisotopic (exact) mass is 415 g/mol. The lowest BCUT2D eigenvalue weighted by Crippen LogP contribution is -2.32. The number of carbonyl (C=O) groups is 1. The van der Waals surface area contributed by atoms with E-state index in [0.29, 0.717) is 15.4 Å². The topological polar surface area (TPSA) is 99.4 Å². The van der Waals surface area contributed by atoms with Crippen molar-refractivity contribution in [2.45, 2.75) is 25.3 Å². The molecule has 0 radical (unpaired) electrons. The van der Waals surface area contributed by atoms with E-state index in [0.717, 1.165) is 21.9 Å². The number of hydrogen-bond acceptors (Lipinski definition) is 5. The van der Waals surface area contributed by atoms with Crippen molar-refractivity contribution >= 4 is 21.6 Å². The number of benzene rings is 2. The highest BCUT2D eigenvalue weighted by Gasteiger charge is 2.21. The molecule has 29 heavy (non-hydrogen) atoms. The summed E-state index contributed by atoms with van der Waals surface area (Å²) in [5.74, 6) is 0.187. The Labute approximate surface area is 168 Å². The molecule has 8 nitrogen and oxygen atoms in total. The molecule has 1 amide bonds. The van der Waals surface area contributed by atoms with E-state index in [9.17, 15) is 18.0 Å². The number of nitrogens with zero attached hydrogens (tertiary/aromatic N) is 2. The van der Waals surface area contributed by atoms with Gasteiger partial charge in [0.1, 0.15) is 12.3 Å². The van der Waals surface area contributed by atoms with Crippen LogP contribution in [-0.2, 0) is 21.4 Å². The minimum atomic E-state index is -4.05. The van der Waals surface area contributed by atoms with Crippen LogP contribution in [0.4, 0.5) is 5.69 Å². The van der Waals surface area contributed by atoms with E-state index in [2.05, 4.69) is 5.32 Å². The lowest BCUT2D eigenvalue weighted by atomic mass is 10.1. The second-order valence-corrected chi connectivity index (χ2v) is 8.35. The van der Waals surface area contributed by atoms with Crippen LogP contribution >= 0.6 is 0 Å². The Morgan fingerprint density at radius 1 is 1.03 bits per heavy atom. The molecule has 2 aromatic carbocycles. The summed E-state index contributed by atoms with van der Waals surface area (Å²) in [6.07, 6.45) is 2.42. The molecule has 0 saturated heterocycles. The lowest BCUT2D eigenvalue weighted by Gasteiger charge is -2.08. The van der Waals surface area contributed by atoms with Crippen LogP contribution in [0.1, 0.15) is 11.1 Å². The fourth-order valence-electron chi connectivity index (χ4n) is 2.72. The van der Waals surface area contributed by atoms with Gasteiger partial charge in [0, 0.05) is 18.1 Å². The van der Waals surface area contributed by atoms with Crippen LogP contribution in [0.5, 0.6) is 5.75 Å². The summed E-state index contributed by atoms with van der Waals surface area (Å²) >= 11 is 0. The molecule has 0 spiro atoms. The van der Waals surface area contributed by atoms with Crippen molar-refractivity contribution in [3.63, 3.8) is 0 Å². The number of amides is 1. The first-order valence-corrected chi connectivity index (χ1v) is 10.2. The fourth-order valence-corrected chi connectivity index (χ4v) is 4.03. The summed E-state index contributed by atoms with van der Waals surface area (Å²) in [5, 5.41) is 2.65. The van der Waals surface area contributed by atoms with Crippen LogP contribution in [0.2, 0.25) is 0 Å². The van der Waals surface area contributed by atoms with Crippen molar-refractivity contribution in [1.29, 1.82) is 0 Å². The molecule has 0 saturated carbocycles. The Morgan fingerprint density at radius 3 is 2.34 bits per heavy atom. The molecule has 0 unspecified atom stereocenters. The summed E-state index contributed by atoms with van der Waals surface area (Å²) in [7, 11) is -2.51. The zero-order valence-electron chi connectivity index (χ0n) is 16.2. The summed E-state index contributed by atoms with van der Waals surface area (Å²) in [6.45, 7) is 3.35. The van der Waals surface area contributed by atoms with Gasteiger partial charge in [0.25, 0.3) is 10.0 Å². The summed E-state index contributed by atoms with van der Waals surface area (Å²) < 4.78 is 32.3. The van der Waals surface area contributed by atoms with Gasteiger partial charge in [0.2, 0.25) is 5.91 Å². The minimum Gasteiger partial charge on any atom is -0.497 e. The maximum Gasteiger partial charge on any atom is 0.342 e. The lowest BCUT2D eigenvalue weighted by molar-refractivity contribution is -0.116. The predicted molar refractivity (Wildman–Crippen MR) is 109 cm³/mol. The van der Waals surface area contributed by atoms with E-state index in [1.54, 1.807) is 37.3 Å². The van der Waals surface area contributed by atoms with Crippen molar-refractivity contribution < 1.29 is 17.9 Å². The summed E-state index contributed by atoms with van der Waals surface area (Å²) in [6, 6.07) is 11.4. The van der Waals surface area contributed by atoms with Gasteiger partial charge < -0.3 is 10.1 Å². The van der Waals surface area contributed by atoms with E-state index in [1.807, 2.05) is 6.92 Å². The molecular formula is C20H21N3O5S. The highest BCUT2D eigenvalue weighted by molar-refractivity contribution is 7.90. The fraction of sp³-hybridized carbons (Fsp3) is 0.200. The second kappa shape index (κ2) is 7.96. The largest absolute Gasteiger partial charge is 0.497 e. The number of aromatic nitrogens is 2. The van der Waals surface area contributed by atoms with Crippen molar-refractivity contribution in [3.8, 4) is 5.75 Å². The van der Waals surface area contributed by atoms with Gasteiger partial charge in [0.05, 0.1) is 12.0 Å². The number of methoxy groups -OCH3 is 1. The highest BCUT2D eigenvalue weighted by atomic mass is 32.2. The third-order valence-corrected chi connectivity index (χ3v) is 6.18. The van der Waals surface area contributed by atoms with E-state index >= 15 is 0 Å². The van der Waals surface area contributed by atoms with Crippen LogP contribution in [0.3, 0.4) is 0 Å². The molecule has 1 N–H and O–H groups in total. The summed E-state index contributed by atoms with van der Waals surface area (Å²) in [4.78, 5) is 24.8. The van der Waals surface area contributed by atoms with Gasteiger partial charge in [-0.2, -0.15) is 3.97 Å².